The summed E-state index contributed by atoms with van der Waals surface area (Å²) in [6, 6.07) is 0. The smallest absolute Gasteiger partial charge is 0.188 e. The Labute approximate surface area is 119 Å². The van der Waals surface area contributed by atoms with E-state index in [9.17, 15) is 0 Å². The van der Waals surface area contributed by atoms with Crippen LogP contribution >= 0.6 is 0 Å². The third-order valence-corrected chi connectivity index (χ3v) is 3.13. The van der Waals surface area contributed by atoms with Gasteiger partial charge in [0.2, 0.25) is 0 Å². The van der Waals surface area contributed by atoms with Crippen molar-refractivity contribution in [2.24, 2.45) is 10.7 Å². The molecule has 0 fully saturated rings. The molecule has 0 unspecified atom stereocenters. The Morgan fingerprint density at radius 2 is 1.68 bits per heavy atom. The van der Waals surface area contributed by atoms with Gasteiger partial charge in [-0.3, -0.25) is 4.99 Å². The molecule has 0 rings (SSSR count). The molecule has 0 amide bonds. The van der Waals surface area contributed by atoms with Gasteiger partial charge in [-0.15, -0.1) is 0 Å². The first-order valence-electron chi connectivity index (χ1n) is 7.84. The number of rotatable bonds is 13. The molecule has 0 aromatic carbocycles. The van der Waals surface area contributed by atoms with E-state index in [4.69, 9.17) is 10.5 Å². The van der Waals surface area contributed by atoms with Gasteiger partial charge in [-0.2, -0.15) is 0 Å². The minimum atomic E-state index is 0.597. The quantitative estimate of drug-likeness (QED) is 0.307. The highest BCUT2D eigenvalue weighted by Crippen LogP contribution is 2.03. The van der Waals surface area contributed by atoms with Gasteiger partial charge in [0.25, 0.3) is 0 Å². The highest BCUT2D eigenvalue weighted by atomic mass is 16.5. The van der Waals surface area contributed by atoms with Gasteiger partial charge in [0.1, 0.15) is 0 Å². The molecule has 0 aliphatic carbocycles. The lowest BCUT2D eigenvalue weighted by molar-refractivity contribution is 0.192. The average Bonchev–Trinajstić information content (AvgIpc) is 2.41. The molecule has 4 heteroatoms. The zero-order valence-electron chi connectivity index (χ0n) is 12.9. The Kier molecular flexibility index (Phi) is 14.7. The maximum absolute atomic E-state index is 5.79. The number of aliphatic imine (C=N–C) groups is 1. The predicted octanol–water partition coefficient (Wildman–Crippen LogP) is 3.07. The molecule has 0 aliphatic heterocycles. The molecule has 0 radical (unpaired) electrons. The van der Waals surface area contributed by atoms with Gasteiger partial charge in [-0.25, -0.2) is 0 Å². The Morgan fingerprint density at radius 1 is 1.00 bits per heavy atom. The number of hydrogen-bond acceptors (Lipinski definition) is 2. The molecule has 3 N–H and O–H groups in total. The molecular weight excluding hydrogens is 238 g/mol. The Morgan fingerprint density at radius 3 is 2.42 bits per heavy atom. The van der Waals surface area contributed by atoms with Gasteiger partial charge < -0.3 is 15.8 Å². The molecule has 0 aliphatic rings. The summed E-state index contributed by atoms with van der Waals surface area (Å²) in [5.41, 5.74) is 5.79. The third-order valence-electron chi connectivity index (χ3n) is 3.13. The number of nitrogens with two attached hydrogens (primary N) is 1. The van der Waals surface area contributed by atoms with Crippen LogP contribution in [0.25, 0.3) is 0 Å². The number of ether oxygens (including phenoxy) is 1. The van der Waals surface area contributed by atoms with E-state index in [1.54, 1.807) is 7.11 Å². The van der Waals surface area contributed by atoms with Crippen molar-refractivity contribution >= 4 is 5.96 Å². The van der Waals surface area contributed by atoms with Crippen LogP contribution in [0.3, 0.4) is 0 Å². The fraction of sp³-hybridized carbons (Fsp3) is 0.933. The van der Waals surface area contributed by atoms with Crippen molar-refractivity contribution in [3.05, 3.63) is 0 Å². The minimum absolute atomic E-state index is 0.597. The largest absolute Gasteiger partial charge is 0.385 e. The molecule has 4 nitrogen and oxygen atoms in total. The first kappa shape index (κ1) is 18.2. The van der Waals surface area contributed by atoms with Crippen molar-refractivity contribution in [1.82, 2.24) is 5.32 Å². The van der Waals surface area contributed by atoms with E-state index in [2.05, 4.69) is 17.2 Å². The summed E-state index contributed by atoms with van der Waals surface area (Å²) in [6.45, 7) is 4.85. The van der Waals surface area contributed by atoms with Crippen LogP contribution in [0.5, 0.6) is 0 Å². The molecule has 0 aromatic heterocycles. The summed E-state index contributed by atoms with van der Waals surface area (Å²) in [4.78, 5) is 4.31. The van der Waals surface area contributed by atoms with Crippen LogP contribution in [0.4, 0.5) is 0 Å². The lowest BCUT2D eigenvalue weighted by Gasteiger charge is -2.05. The second-order valence-electron chi connectivity index (χ2n) is 5.01. The van der Waals surface area contributed by atoms with Gasteiger partial charge >= 0.3 is 0 Å². The van der Waals surface area contributed by atoms with Crippen LogP contribution in [0.15, 0.2) is 4.99 Å². The first-order chi connectivity index (χ1) is 9.31. The lowest BCUT2D eigenvalue weighted by atomic mass is 10.1. The second kappa shape index (κ2) is 15.3. The van der Waals surface area contributed by atoms with E-state index in [0.717, 1.165) is 39.0 Å². The Hall–Kier alpha value is -0.770. The van der Waals surface area contributed by atoms with Gasteiger partial charge in [0.05, 0.1) is 0 Å². The first-order valence-corrected chi connectivity index (χ1v) is 7.84. The predicted molar refractivity (Wildman–Crippen MR) is 83.6 cm³/mol. The molecule has 0 heterocycles. The van der Waals surface area contributed by atoms with Crippen molar-refractivity contribution in [2.45, 2.75) is 64.7 Å². The van der Waals surface area contributed by atoms with Crippen molar-refractivity contribution in [1.29, 1.82) is 0 Å². The highest BCUT2D eigenvalue weighted by molar-refractivity contribution is 5.77. The molecular formula is C15H33N3O. The number of nitrogens with one attached hydrogen (secondary N) is 1. The van der Waals surface area contributed by atoms with Crippen molar-refractivity contribution < 1.29 is 4.74 Å². The van der Waals surface area contributed by atoms with E-state index in [1.807, 2.05) is 0 Å². The van der Waals surface area contributed by atoms with E-state index < -0.39 is 0 Å². The summed E-state index contributed by atoms with van der Waals surface area (Å²) in [5, 5.41) is 3.18. The van der Waals surface area contributed by atoms with E-state index in [-0.39, 0.29) is 0 Å². The van der Waals surface area contributed by atoms with Crippen LogP contribution in [0, 0.1) is 0 Å². The van der Waals surface area contributed by atoms with Crippen molar-refractivity contribution in [3.63, 3.8) is 0 Å². The summed E-state index contributed by atoms with van der Waals surface area (Å²) in [7, 11) is 1.74. The van der Waals surface area contributed by atoms with Crippen LogP contribution in [-0.4, -0.2) is 32.8 Å². The summed E-state index contributed by atoms with van der Waals surface area (Å²) in [5.74, 6) is 0.597. The SMILES string of the molecule is CCCCCCCCNC(N)=NCCCCCOC. The van der Waals surface area contributed by atoms with Crippen LogP contribution in [0.2, 0.25) is 0 Å². The van der Waals surface area contributed by atoms with E-state index in [1.165, 1.54) is 38.5 Å². The average molecular weight is 271 g/mol. The third kappa shape index (κ3) is 15.2. The molecule has 0 spiro atoms. The fourth-order valence-electron chi connectivity index (χ4n) is 1.91. The maximum Gasteiger partial charge on any atom is 0.188 e. The van der Waals surface area contributed by atoms with E-state index in [0.29, 0.717) is 5.96 Å². The molecule has 0 aromatic rings. The van der Waals surface area contributed by atoms with Gasteiger partial charge in [-0.05, 0) is 25.7 Å². The zero-order chi connectivity index (χ0) is 14.2. The standard InChI is InChI=1S/C15H33N3O/c1-3-4-5-6-7-9-12-17-15(16)18-13-10-8-11-14-19-2/h3-14H2,1-2H3,(H3,16,17,18). The molecule has 114 valence electrons. The van der Waals surface area contributed by atoms with Gasteiger partial charge in [0, 0.05) is 26.8 Å². The second-order valence-corrected chi connectivity index (χ2v) is 5.01. The number of methoxy groups -OCH3 is 1. The number of hydrogen-bond donors (Lipinski definition) is 2. The molecule has 0 saturated heterocycles. The molecule has 0 atom stereocenters. The van der Waals surface area contributed by atoms with Crippen molar-refractivity contribution in [3.8, 4) is 0 Å². The minimum Gasteiger partial charge on any atom is -0.385 e. The number of guanidine groups is 1. The summed E-state index contributed by atoms with van der Waals surface area (Å²) < 4.78 is 5.00. The van der Waals surface area contributed by atoms with Crippen LogP contribution in [0.1, 0.15) is 64.7 Å². The van der Waals surface area contributed by atoms with Gasteiger partial charge in [-0.1, -0.05) is 39.0 Å². The normalized spacial score (nSPS) is 11.8. The lowest BCUT2D eigenvalue weighted by Crippen LogP contribution is -2.32. The van der Waals surface area contributed by atoms with E-state index >= 15 is 0 Å². The molecule has 19 heavy (non-hydrogen) atoms. The van der Waals surface area contributed by atoms with Crippen LogP contribution < -0.4 is 11.1 Å². The monoisotopic (exact) mass is 271 g/mol. The zero-order valence-corrected chi connectivity index (χ0v) is 12.9. The topological polar surface area (TPSA) is 59.6 Å². The van der Waals surface area contributed by atoms with Crippen molar-refractivity contribution in [2.75, 3.05) is 26.8 Å². The van der Waals surface area contributed by atoms with Crippen LogP contribution in [-0.2, 0) is 4.74 Å². The summed E-state index contributed by atoms with van der Waals surface area (Å²) in [6.07, 6.45) is 11.2. The maximum atomic E-state index is 5.79. The number of unbranched alkanes of at least 4 members (excludes halogenated alkanes) is 7. The summed E-state index contributed by atoms with van der Waals surface area (Å²) >= 11 is 0. The Balaban J connectivity index is 3.25. The fourth-order valence-corrected chi connectivity index (χ4v) is 1.91. The molecule has 0 saturated carbocycles. The van der Waals surface area contributed by atoms with Gasteiger partial charge in [0.15, 0.2) is 5.96 Å². The molecule has 0 bridgehead atoms. The highest BCUT2D eigenvalue weighted by Gasteiger charge is 1.93. The Bertz CT molecular complexity index is 208. The number of nitrogens with zero attached hydrogens (tertiary/aromatic N) is 1.